The van der Waals surface area contributed by atoms with Crippen LogP contribution in [0.15, 0.2) is 29.8 Å². The molecule has 1 aromatic carbocycles. The molecular formula is C12H11N3O2S. The molecule has 0 saturated heterocycles. The highest BCUT2D eigenvalue weighted by atomic mass is 32.2. The average Bonchev–Trinajstić information content (AvgIpc) is 2.69. The highest BCUT2D eigenvalue weighted by Crippen LogP contribution is 2.21. The van der Waals surface area contributed by atoms with Gasteiger partial charge in [-0.3, -0.25) is 0 Å². The summed E-state index contributed by atoms with van der Waals surface area (Å²) in [7, 11) is -3.62. The van der Waals surface area contributed by atoms with E-state index in [1.165, 1.54) is 6.08 Å². The third-order valence-electron chi connectivity index (χ3n) is 2.51. The van der Waals surface area contributed by atoms with E-state index in [1.807, 2.05) is 12.1 Å². The van der Waals surface area contributed by atoms with Crippen molar-refractivity contribution >= 4 is 27.0 Å². The van der Waals surface area contributed by atoms with Gasteiger partial charge in [0.1, 0.15) is 0 Å². The number of H-pyrrole nitrogens is 1. The molecule has 0 spiro atoms. The lowest BCUT2D eigenvalue weighted by molar-refractivity contribution is 0.606. The van der Waals surface area contributed by atoms with Crippen LogP contribution in [0, 0.1) is 11.3 Å². The van der Waals surface area contributed by atoms with E-state index < -0.39 is 10.0 Å². The third kappa shape index (κ3) is 2.77. The lowest BCUT2D eigenvalue weighted by Gasteiger charge is -1.96. The zero-order valence-corrected chi connectivity index (χ0v) is 10.2. The maximum absolute atomic E-state index is 10.8. The van der Waals surface area contributed by atoms with E-state index >= 15 is 0 Å². The number of nitrogens with two attached hydrogens (primary N) is 1. The first-order valence-corrected chi connectivity index (χ1v) is 6.78. The van der Waals surface area contributed by atoms with Gasteiger partial charge in [0.15, 0.2) is 0 Å². The second kappa shape index (κ2) is 4.64. The number of nitrogens with zero attached hydrogens (tertiary/aromatic N) is 1. The van der Waals surface area contributed by atoms with Crippen molar-refractivity contribution in [2.24, 2.45) is 5.14 Å². The van der Waals surface area contributed by atoms with Gasteiger partial charge in [0.25, 0.3) is 0 Å². The van der Waals surface area contributed by atoms with Gasteiger partial charge in [0.05, 0.1) is 12.5 Å². The molecule has 18 heavy (non-hydrogen) atoms. The van der Waals surface area contributed by atoms with Crippen molar-refractivity contribution in [2.45, 2.75) is 6.42 Å². The Morgan fingerprint density at radius 1 is 1.44 bits per heavy atom. The van der Waals surface area contributed by atoms with Crippen LogP contribution in [0.2, 0.25) is 0 Å². The maximum atomic E-state index is 10.8. The van der Waals surface area contributed by atoms with Crippen LogP contribution in [0.25, 0.3) is 17.0 Å². The molecule has 0 aliphatic carbocycles. The van der Waals surface area contributed by atoms with E-state index in [-0.39, 0.29) is 0 Å². The molecule has 2 aromatic rings. The van der Waals surface area contributed by atoms with Crippen molar-refractivity contribution in [3.63, 3.8) is 0 Å². The smallest absolute Gasteiger partial charge is 0.231 e. The molecule has 0 atom stereocenters. The highest BCUT2D eigenvalue weighted by molar-refractivity contribution is 7.92. The second-order valence-electron chi connectivity index (χ2n) is 3.85. The lowest BCUT2D eigenvalue weighted by atomic mass is 10.1. The SMILES string of the molecule is N#CCc1c[nH]c2ccc(/C=C/S(N)(=O)=O)cc12. The van der Waals surface area contributed by atoms with Crippen LogP contribution in [0.4, 0.5) is 0 Å². The van der Waals surface area contributed by atoms with Crippen LogP contribution in [-0.4, -0.2) is 13.4 Å². The van der Waals surface area contributed by atoms with Crippen LogP contribution in [0.3, 0.4) is 0 Å². The molecular weight excluding hydrogens is 250 g/mol. The molecule has 2 rings (SSSR count). The van der Waals surface area contributed by atoms with E-state index in [2.05, 4.69) is 11.1 Å². The summed E-state index contributed by atoms with van der Waals surface area (Å²) in [5.74, 6) is 0. The van der Waals surface area contributed by atoms with Gasteiger partial charge >= 0.3 is 0 Å². The topological polar surface area (TPSA) is 99.7 Å². The molecule has 0 saturated carbocycles. The van der Waals surface area contributed by atoms with Crippen molar-refractivity contribution < 1.29 is 8.42 Å². The maximum Gasteiger partial charge on any atom is 0.231 e. The number of nitrogens with one attached hydrogen (secondary N) is 1. The second-order valence-corrected chi connectivity index (χ2v) is 5.30. The lowest BCUT2D eigenvalue weighted by Crippen LogP contribution is -2.06. The van der Waals surface area contributed by atoms with Crippen molar-refractivity contribution in [2.75, 3.05) is 0 Å². The van der Waals surface area contributed by atoms with E-state index in [9.17, 15) is 8.42 Å². The fourth-order valence-electron chi connectivity index (χ4n) is 1.70. The van der Waals surface area contributed by atoms with Gasteiger partial charge in [-0.1, -0.05) is 6.07 Å². The summed E-state index contributed by atoms with van der Waals surface area (Å²) >= 11 is 0. The predicted octanol–water partition coefficient (Wildman–Crippen LogP) is 1.49. The minimum atomic E-state index is -3.62. The Morgan fingerprint density at radius 2 is 2.22 bits per heavy atom. The molecule has 0 fully saturated rings. The van der Waals surface area contributed by atoms with Gasteiger partial charge in [-0.25, -0.2) is 13.6 Å². The number of benzene rings is 1. The van der Waals surface area contributed by atoms with Crippen LogP contribution in [0.5, 0.6) is 0 Å². The van der Waals surface area contributed by atoms with Gasteiger partial charge in [0.2, 0.25) is 10.0 Å². The Labute approximate surface area is 105 Å². The normalized spacial score (nSPS) is 12.0. The first-order chi connectivity index (χ1) is 8.49. The summed E-state index contributed by atoms with van der Waals surface area (Å²) in [4.78, 5) is 3.05. The molecule has 0 aliphatic heterocycles. The molecule has 1 heterocycles. The number of hydrogen-bond acceptors (Lipinski definition) is 3. The first kappa shape index (κ1) is 12.4. The Morgan fingerprint density at radius 3 is 2.89 bits per heavy atom. The van der Waals surface area contributed by atoms with Crippen molar-refractivity contribution in [3.05, 3.63) is 40.9 Å². The third-order valence-corrected chi connectivity index (χ3v) is 3.03. The molecule has 92 valence electrons. The first-order valence-electron chi connectivity index (χ1n) is 5.17. The quantitative estimate of drug-likeness (QED) is 0.875. The van der Waals surface area contributed by atoms with Crippen molar-refractivity contribution in [3.8, 4) is 6.07 Å². The predicted molar refractivity (Wildman–Crippen MR) is 69.8 cm³/mol. The highest BCUT2D eigenvalue weighted by Gasteiger charge is 2.03. The molecule has 1 aromatic heterocycles. The number of nitriles is 1. The van der Waals surface area contributed by atoms with E-state index in [1.54, 1.807) is 12.3 Å². The van der Waals surface area contributed by atoms with Crippen LogP contribution >= 0.6 is 0 Å². The zero-order valence-electron chi connectivity index (χ0n) is 9.42. The molecule has 0 radical (unpaired) electrons. The Kier molecular flexibility index (Phi) is 3.19. The van der Waals surface area contributed by atoms with E-state index in [0.717, 1.165) is 27.4 Å². The van der Waals surface area contributed by atoms with Crippen LogP contribution in [-0.2, 0) is 16.4 Å². The Balaban J connectivity index is 2.46. The fraction of sp³-hybridized carbons (Fsp3) is 0.0833. The van der Waals surface area contributed by atoms with Gasteiger partial charge in [0, 0.05) is 22.5 Å². The monoisotopic (exact) mass is 261 g/mol. The zero-order chi connectivity index (χ0) is 13.2. The molecule has 6 heteroatoms. The minimum absolute atomic E-state index is 0.308. The molecule has 0 amide bonds. The molecule has 5 nitrogen and oxygen atoms in total. The summed E-state index contributed by atoms with van der Waals surface area (Å²) in [6.45, 7) is 0. The number of aromatic amines is 1. The number of sulfonamides is 1. The summed E-state index contributed by atoms with van der Waals surface area (Å²) < 4.78 is 21.7. The number of hydrogen-bond donors (Lipinski definition) is 2. The standard InChI is InChI=1S/C12H11N3O2S/c13-5-3-10-8-15-12-2-1-9(7-11(10)12)4-6-18(14,16)17/h1-2,4,6-8,15H,3H2,(H2,14,16,17)/b6-4+. The number of fused-ring (bicyclic) bond motifs is 1. The Bertz CT molecular complexity index is 751. The van der Waals surface area contributed by atoms with Crippen LogP contribution in [0.1, 0.15) is 11.1 Å². The molecule has 3 N–H and O–H groups in total. The average molecular weight is 261 g/mol. The number of rotatable bonds is 3. The van der Waals surface area contributed by atoms with Gasteiger partial charge in [-0.2, -0.15) is 5.26 Å². The molecule has 0 bridgehead atoms. The summed E-state index contributed by atoms with van der Waals surface area (Å²) in [6, 6.07) is 7.51. The number of primary sulfonamides is 1. The van der Waals surface area contributed by atoms with E-state index in [0.29, 0.717) is 6.42 Å². The van der Waals surface area contributed by atoms with Crippen molar-refractivity contribution in [1.29, 1.82) is 5.26 Å². The van der Waals surface area contributed by atoms with E-state index in [4.69, 9.17) is 10.4 Å². The van der Waals surface area contributed by atoms with Gasteiger partial charge in [-0.05, 0) is 29.3 Å². The van der Waals surface area contributed by atoms with Gasteiger partial charge < -0.3 is 4.98 Å². The van der Waals surface area contributed by atoms with Gasteiger partial charge in [-0.15, -0.1) is 0 Å². The largest absolute Gasteiger partial charge is 0.361 e. The summed E-state index contributed by atoms with van der Waals surface area (Å²) in [5, 5.41) is 15.5. The van der Waals surface area contributed by atoms with Crippen LogP contribution < -0.4 is 5.14 Å². The Hall–Kier alpha value is -2.10. The fourth-order valence-corrected chi connectivity index (χ4v) is 2.05. The minimum Gasteiger partial charge on any atom is -0.361 e. The summed E-state index contributed by atoms with van der Waals surface area (Å²) in [6.07, 6.45) is 3.52. The molecule has 0 aliphatic rings. The summed E-state index contributed by atoms with van der Waals surface area (Å²) in [5.41, 5.74) is 2.52. The van der Waals surface area contributed by atoms with Crippen molar-refractivity contribution in [1.82, 2.24) is 4.98 Å². The number of aromatic nitrogens is 1. The molecule has 0 unspecified atom stereocenters.